The second-order valence-electron chi connectivity index (χ2n) is 4.22. The van der Waals surface area contributed by atoms with Crippen molar-refractivity contribution in [2.45, 2.75) is 38.4 Å². The number of thioether (sulfide) groups is 1. The first-order chi connectivity index (χ1) is 8.83. The number of rotatable bonds is 9. The monoisotopic (exact) mass is 266 g/mol. The van der Waals surface area contributed by atoms with Gasteiger partial charge in [-0.2, -0.15) is 11.8 Å². The fourth-order valence-corrected chi connectivity index (χ4v) is 2.34. The summed E-state index contributed by atoms with van der Waals surface area (Å²) in [6, 6.07) is 10.3. The molecule has 0 unspecified atom stereocenters. The molecule has 0 aliphatic heterocycles. The molecule has 0 aromatic heterocycles. The normalized spacial score (nSPS) is 10.3. The summed E-state index contributed by atoms with van der Waals surface area (Å²) in [6.45, 7) is 2.66. The third-order valence-electron chi connectivity index (χ3n) is 2.59. The van der Waals surface area contributed by atoms with Crippen LogP contribution in [0.4, 0.5) is 0 Å². The molecule has 1 aromatic rings. The van der Waals surface area contributed by atoms with Crippen molar-refractivity contribution < 1.29 is 9.53 Å². The van der Waals surface area contributed by atoms with E-state index in [4.69, 9.17) is 4.74 Å². The van der Waals surface area contributed by atoms with E-state index in [0.717, 1.165) is 30.8 Å². The van der Waals surface area contributed by atoms with Gasteiger partial charge in [0.15, 0.2) is 0 Å². The zero-order valence-corrected chi connectivity index (χ0v) is 11.9. The molecule has 0 heterocycles. The Morgan fingerprint density at radius 1 is 1.22 bits per heavy atom. The lowest BCUT2D eigenvalue weighted by Crippen LogP contribution is -2.07. The van der Waals surface area contributed by atoms with Crippen molar-refractivity contribution in [2.75, 3.05) is 12.4 Å². The fourth-order valence-electron chi connectivity index (χ4n) is 1.57. The number of unbranched alkanes of at least 4 members (excludes halogenated alkanes) is 2. The average molecular weight is 266 g/mol. The molecule has 0 atom stereocenters. The Morgan fingerprint density at radius 2 is 2.00 bits per heavy atom. The number of benzene rings is 1. The van der Waals surface area contributed by atoms with E-state index in [1.165, 1.54) is 5.56 Å². The van der Waals surface area contributed by atoms with E-state index in [9.17, 15) is 4.79 Å². The van der Waals surface area contributed by atoms with Gasteiger partial charge < -0.3 is 4.74 Å². The Kier molecular flexibility index (Phi) is 8.40. The molecule has 3 heteroatoms. The third-order valence-corrected chi connectivity index (χ3v) is 3.58. The Bertz CT molecular complexity index is 325. The number of esters is 1. The summed E-state index contributed by atoms with van der Waals surface area (Å²) < 4.78 is 5.17. The average Bonchev–Trinajstić information content (AvgIpc) is 2.40. The molecule has 0 saturated heterocycles. The molecule has 0 aliphatic carbocycles. The van der Waals surface area contributed by atoms with Crippen molar-refractivity contribution in [1.29, 1.82) is 0 Å². The molecule has 0 saturated carbocycles. The van der Waals surface area contributed by atoms with Crippen LogP contribution >= 0.6 is 11.8 Å². The minimum absolute atomic E-state index is 0.0521. The quantitative estimate of drug-likeness (QED) is 0.498. The van der Waals surface area contributed by atoms with Crippen LogP contribution in [-0.2, 0) is 15.3 Å². The van der Waals surface area contributed by atoms with Crippen LogP contribution in [0.15, 0.2) is 30.3 Å². The molecule has 1 aromatic carbocycles. The molecule has 2 nitrogen and oxygen atoms in total. The van der Waals surface area contributed by atoms with Gasteiger partial charge in [-0.1, -0.05) is 50.1 Å². The predicted molar refractivity (Wildman–Crippen MR) is 77.7 cm³/mol. The molecule has 0 fully saturated rings. The van der Waals surface area contributed by atoms with E-state index in [0.29, 0.717) is 13.0 Å². The maximum Gasteiger partial charge on any atom is 0.305 e. The molecule has 0 amide bonds. The second kappa shape index (κ2) is 10.0. The van der Waals surface area contributed by atoms with E-state index in [1.54, 1.807) is 11.8 Å². The molecule has 18 heavy (non-hydrogen) atoms. The Balaban J connectivity index is 1.97. The lowest BCUT2D eigenvalue weighted by atomic mass is 10.2. The fraction of sp³-hybridized carbons (Fsp3) is 0.533. The van der Waals surface area contributed by atoms with E-state index in [-0.39, 0.29) is 5.97 Å². The maximum absolute atomic E-state index is 11.3. The van der Waals surface area contributed by atoms with Gasteiger partial charge >= 0.3 is 5.97 Å². The van der Waals surface area contributed by atoms with Gasteiger partial charge in [0.05, 0.1) is 0 Å². The summed E-state index contributed by atoms with van der Waals surface area (Å²) in [5.74, 6) is 1.80. The first-order valence-electron chi connectivity index (χ1n) is 6.60. The molecule has 0 bridgehead atoms. The highest BCUT2D eigenvalue weighted by molar-refractivity contribution is 7.98. The molecular weight excluding hydrogens is 244 g/mol. The summed E-state index contributed by atoms with van der Waals surface area (Å²) in [7, 11) is 0. The van der Waals surface area contributed by atoms with Crippen LogP contribution in [0, 0.1) is 0 Å². The second-order valence-corrected chi connectivity index (χ2v) is 5.32. The number of hydrogen-bond donors (Lipinski definition) is 0. The highest BCUT2D eigenvalue weighted by Gasteiger charge is 2.01. The topological polar surface area (TPSA) is 26.3 Å². The highest BCUT2D eigenvalue weighted by atomic mass is 32.2. The van der Waals surface area contributed by atoms with Crippen molar-refractivity contribution in [3.63, 3.8) is 0 Å². The zero-order valence-electron chi connectivity index (χ0n) is 11.1. The van der Waals surface area contributed by atoms with Gasteiger partial charge in [-0.15, -0.1) is 0 Å². The van der Waals surface area contributed by atoms with E-state index >= 15 is 0 Å². The van der Waals surface area contributed by atoms with Gasteiger partial charge in [0.2, 0.25) is 0 Å². The minimum Gasteiger partial charge on any atom is -0.465 e. The Morgan fingerprint density at radius 3 is 2.72 bits per heavy atom. The van der Waals surface area contributed by atoms with Gasteiger partial charge in [0.25, 0.3) is 0 Å². The summed E-state index contributed by atoms with van der Waals surface area (Å²) in [4.78, 5) is 11.3. The largest absolute Gasteiger partial charge is 0.465 e. The van der Waals surface area contributed by atoms with Crippen LogP contribution in [0.1, 0.15) is 38.2 Å². The molecule has 0 radical (unpaired) electrons. The predicted octanol–water partition coefficient (Wildman–Crippen LogP) is 4.04. The first-order valence-corrected chi connectivity index (χ1v) is 7.75. The highest BCUT2D eigenvalue weighted by Crippen LogP contribution is 2.11. The van der Waals surface area contributed by atoms with Gasteiger partial charge in [0, 0.05) is 17.9 Å². The van der Waals surface area contributed by atoms with Gasteiger partial charge in [-0.05, 0) is 12.0 Å². The van der Waals surface area contributed by atoms with Gasteiger partial charge in [0.1, 0.15) is 6.61 Å². The lowest BCUT2D eigenvalue weighted by molar-refractivity contribution is -0.143. The van der Waals surface area contributed by atoms with Crippen LogP contribution in [0.5, 0.6) is 0 Å². The number of carbonyl (C=O) groups excluding carboxylic acids is 1. The van der Waals surface area contributed by atoms with Crippen LogP contribution < -0.4 is 0 Å². The van der Waals surface area contributed by atoms with Crippen LogP contribution in [-0.4, -0.2) is 18.3 Å². The zero-order chi connectivity index (χ0) is 13.1. The van der Waals surface area contributed by atoms with Crippen molar-refractivity contribution >= 4 is 17.7 Å². The van der Waals surface area contributed by atoms with Gasteiger partial charge in [-0.25, -0.2) is 0 Å². The molecule has 100 valence electrons. The lowest BCUT2D eigenvalue weighted by Gasteiger charge is -2.04. The van der Waals surface area contributed by atoms with Gasteiger partial charge in [-0.3, -0.25) is 4.79 Å². The van der Waals surface area contributed by atoms with E-state index in [1.807, 2.05) is 18.2 Å². The Labute approximate surface area is 114 Å². The Hall–Kier alpha value is -0.960. The van der Waals surface area contributed by atoms with Crippen LogP contribution in [0.3, 0.4) is 0 Å². The molecular formula is C15H22O2S. The SMILES string of the molecule is CCCCCC(=O)OCCSCc1ccccc1. The third kappa shape index (κ3) is 7.38. The number of carbonyl (C=O) groups is 1. The summed E-state index contributed by atoms with van der Waals surface area (Å²) in [5, 5.41) is 0. The molecule has 0 N–H and O–H groups in total. The first kappa shape index (κ1) is 15.1. The van der Waals surface area contributed by atoms with Crippen molar-refractivity contribution in [3.05, 3.63) is 35.9 Å². The summed E-state index contributed by atoms with van der Waals surface area (Å²) in [6.07, 6.45) is 3.77. The summed E-state index contributed by atoms with van der Waals surface area (Å²) >= 11 is 1.80. The van der Waals surface area contributed by atoms with Crippen LogP contribution in [0.2, 0.25) is 0 Å². The molecule has 0 spiro atoms. The maximum atomic E-state index is 11.3. The number of ether oxygens (including phenoxy) is 1. The van der Waals surface area contributed by atoms with E-state index in [2.05, 4.69) is 19.1 Å². The van der Waals surface area contributed by atoms with E-state index < -0.39 is 0 Å². The number of hydrogen-bond acceptors (Lipinski definition) is 3. The molecule has 1 rings (SSSR count). The van der Waals surface area contributed by atoms with Crippen LogP contribution in [0.25, 0.3) is 0 Å². The van der Waals surface area contributed by atoms with Crippen molar-refractivity contribution in [1.82, 2.24) is 0 Å². The van der Waals surface area contributed by atoms with Crippen molar-refractivity contribution in [2.24, 2.45) is 0 Å². The molecule has 0 aliphatic rings. The summed E-state index contributed by atoms with van der Waals surface area (Å²) in [5.41, 5.74) is 1.32. The minimum atomic E-state index is -0.0521. The standard InChI is InChI=1S/C15H22O2S/c1-2-3-5-10-15(16)17-11-12-18-13-14-8-6-4-7-9-14/h4,6-9H,2-3,5,10-13H2,1H3. The van der Waals surface area contributed by atoms with Crippen molar-refractivity contribution in [3.8, 4) is 0 Å². The smallest absolute Gasteiger partial charge is 0.305 e.